The predicted molar refractivity (Wildman–Crippen MR) is 288 cm³/mol. The standard InChI is InChI=1S/C56H92N4O14/c1-4-6-8-10-12-14-16-18-20-22-24-26-28-30-32-34-55(70)73-48-49(74-56(71)35-33-31-29-27-25-23-21-19-17-15-13-11-9-7-5-2)47-72-41-40-57(3)50(61)42-59(44-52(64)65)38-36-58(43-51(62)63)37-39-60(45-53(66)67)46-54(68)69/h6-9,12-15,18-21,49H,4-5,10-11,16-17,22-48H2,1-3H3,(H,62,63)(H,64,65)(H,66,67)(H,68,69)/b8-6+,9-7+,14-12+,15-13+,20-18+,21-19+. The van der Waals surface area contributed by atoms with Crippen molar-refractivity contribution < 1.29 is 68.2 Å². The Labute approximate surface area is 441 Å². The number of carbonyl (C=O) groups is 7. The number of allylic oxidation sites excluding steroid dienone is 12. The average molecular weight is 1050 g/mol. The third kappa shape index (κ3) is 46.4. The second-order valence-electron chi connectivity index (χ2n) is 18.2. The highest BCUT2D eigenvalue weighted by Crippen LogP contribution is 2.12. The first kappa shape index (κ1) is 68.6. The van der Waals surface area contributed by atoms with Crippen molar-refractivity contribution in [3.8, 4) is 0 Å². The molecule has 0 aromatic carbocycles. The van der Waals surface area contributed by atoms with Crippen molar-refractivity contribution in [1.29, 1.82) is 0 Å². The van der Waals surface area contributed by atoms with E-state index < -0.39 is 68.0 Å². The fraction of sp³-hybridized carbons (Fsp3) is 0.661. The monoisotopic (exact) mass is 1040 g/mol. The van der Waals surface area contributed by atoms with Gasteiger partial charge in [-0.1, -0.05) is 125 Å². The van der Waals surface area contributed by atoms with Gasteiger partial charge in [0.2, 0.25) is 5.91 Å². The molecule has 74 heavy (non-hydrogen) atoms. The van der Waals surface area contributed by atoms with Crippen LogP contribution in [0.15, 0.2) is 72.9 Å². The number of carboxylic acid groups (broad SMARTS) is 4. The Hall–Kier alpha value is -5.43. The van der Waals surface area contributed by atoms with Crippen LogP contribution in [0, 0.1) is 0 Å². The molecular formula is C56H92N4O14. The van der Waals surface area contributed by atoms with Crippen LogP contribution in [0.2, 0.25) is 0 Å². The number of carboxylic acids is 4. The van der Waals surface area contributed by atoms with Crippen LogP contribution >= 0.6 is 0 Å². The molecule has 0 aromatic heterocycles. The lowest BCUT2D eigenvalue weighted by atomic mass is 10.1. The van der Waals surface area contributed by atoms with Crippen molar-refractivity contribution in [1.82, 2.24) is 19.6 Å². The summed E-state index contributed by atoms with van der Waals surface area (Å²) in [5, 5.41) is 37.3. The third-order valence-corrected chi connectivity index (χ3v) is 11.4. The largest absolute Gasteiger partial charge is 0.480 e. The highest BCUT2D eigenvalue weighted by Gasteiger charge is 2.22. The van der Waals surface area contributed by atoms with Crippen molar-refractivity contribution in [2.75, 3.05) is 92.3 Å². The number of rotatable bonds is 50. The minimum absolute atomic E-state index is 0.0126. The molecule has 18 heteroatoms. The first-order valence-corrected chi connectivity index (χ1v) is 26.8. The van der Waals surface area contributed by atoms with Gasteiger partial charge in [-0.25, -0.2) is 0 Å². The number of likely N-dealkylation sites (N-methyl/N-ethyl adjacent to an activating group) is 1. The lowest BCUT2D eigenvalue weighted by molar-refractivity contribution is -0.163. The SMILES string of the molecule is CC/C=C/C/C=C/C/C=C/CCCCCCCC(=O)OCC(COCCN(C)C(=O)CN(CCN(CCN(CC(=O)O)CC(=O)O)CC(=O)O)CC(=O)O)OC(=O)CCCCCCC/C=C/C/C=C/C/C=C/CC. The van der Waals surface area contributed by atoms with Gasteiger partial charge in [0.25, 0.3) is 0 Å². The highest BCUT2D eigenvalue weighted by molar-refractivity contribution is 5.79. The topological polar surface area (TPSA) is 241 Å². The Balaban J connectivity index is 5.17. The summed E-state index contributed by atoms with van der Waals surface area (Å²) in [5.74, 6) is -6.20. The molecule has 18 nitrogen and oxygen atoms in total. The number of nitrogens with zero attached hydrogens (tertiary/aromatic N) is 4. The summed E-state index contributed by atoms with van der Waals surface area (Å²) in [6, 6.07) is 0. The average Bonchev–Trinajstić information content (AvgIpc) is 3.34. The van der Waals surface area contributed by atoms with Gasteiger partial charge in [-0.2, -0.15) is 0 Å². The lowest BCUT2D eigenvalue weighted by Crippen LogP contribution is -2.47. The number of aliphatic carboxylic acids is 4. The molecule has 1 unspecified atom stereocenters. The van der Waals surface area contributed by atoms with Crippen molar-refractivity contribution >= 4 is 41.7 Å². The van der Waals surface area contributed by atoms with Gasteiger partial charge in [0.05, 0.1) is 45.9 Å². The number of unbranched alkanes of at least 4 members (excludes halogenated alkanes) is 10. The Bertz CT molecular complexity index is 1710. The Morgan fingerprint density at radius 2 is 0.811 bits per heavy atom. The van der Waals surface area contributed by atoms with Crippen LogP contribution in [0.4, 0.5) is 0 Å². The van der Waals surface area contributed by atoms with Gasteiger partial charge in [0.15, 0.2) is 6.10 Å². The Kier molecular flexibility index (Phi) is 44.9. The minimum atomic E-state index is -1.25. The molecule has 0 fully saturated rings. The summed E-state index contributed by atoms with van der Waals surface area (Å²) in [7, 11) is 1.51. The zero-order valence-electron chi connectivity index (χ0n) is 45.0. The van der Waals surface area contributed by atoms with E-state index in [1.54, 1.807) is 0 Å². The van der Waals surface area contributed by atoms with Gasteiger partial charge in [0.1, 0.15) is 6.61 Å². The van der Waals surface area contributed by atoms with E-state index in [4.69, 9.17) is 24.4 Å². The van der Waals surface area contributed by atoms with Crippen molar-refractivity contribution in [3.63, 3.8) is 0 Å². The predicted octanol–water partition coefficient (Wildman–Crippen LogP) is 8.34. The summed E-state index contributed by atoms with van der Waals surface area (Å²) >= 11 is 0. The number of amides is 1. The molecule has 0 aliphatic rings. The van der Waals surface area contributed by atoms with Crippen LogP contribution in [0.5, 0.6) is 0 Å². The van der Waals surface area contributed by atoms with Crippen LogP contribution < -0.4 is 0 Å². The molecule has 0 aliphatic carbocycles. The van der Waals surface area contributed by atoms with Crippen molar-refractivity contribution in [3.05, 3.63) is 72.9 Å². The second kappa shape index (κ2) is 48.5. The van der Waals surface area contributed by atoms with Gasteiger partial charge in [-0.15, -0.1) is 0 Å². The summed E-state index contributed by atoms with van der Waals surface area (Å²) in [4.78, 5) is 89.8. The molecule has 1 atom stereocenters. The van der Waals surface area contributed by atoms with Gasteiger partial charge in [-0.05, 0) is 77.0 Å². The maximum Gasteiger partial charge on any atom is 0.317 e. The van der Waals surface area contributed by atoms with Crippen molar-refractivity contribution in [2.45, 2.75) is 148 Å². The lowest BCUT2D eigenvalue weighted by Gasteiger charge is -2.28. The third-order valence-electron chi connectivity index (χ3n) is 11.4. The maximum absolute atomic E-state index is 13.2. The molecule has 0 heterocycles. The van der Waals surface area contributed by atoms with Gasteiger partial charge in [0, 0.05) is 52.6 Å². The maximum atomic E-state index is 13.2. The second-order valence-corrected chi connectivity index (χ2v) is 18.2. The van der Waals surface area contributed by atoms with Crippen LogP contribution in [0.1, 0.15) is 142 Å². The summed E-state index contributed by atoms with van der Waals surface area (Å²) in [6.45, 7) is 1.41. The molecule has 420 valence electrons. The van der Waals surface area contributed by atoms with E-state index >= 15 is 0 Å². The number of hydrogen-bond donors (Lipinski definition) is 4. The minimum Gasteiger partial charge on any atom is -0.480 e. The zero-order valence-corrected chi connectivity index (χ0v) is 45.0. The highest BCUT2D eigenvalue weighted by atomic mass is 16.6. The normalized spacial score (nSPS) is 12.5. The van der Waals surface area contributed by atoms with Crippen molar-refractivity contribution in [2.24, 2.45) is 0 Å². The van der Waals surface area contributed by atoms with E-state index in [-0.39, 0.29) is 77.9 Å². The van der Waals surface area contributed by atoms with E-state index in [1.165, 1.54) is 21.7 Å². The van der Waals surface area contributed by atoms with E-state index in [0.29, 0.717) is 12.8 Å². The van der Waals surface area contributed by atoms with Gasteiger partial charge < -0.3 is 39.5 Å². The first-order valence-electron chi connectivity index (χ1n) is 26.8. The van der Waals surface area contributed by atoms with Crippen LogP contribution in [0.3, 0.4) is 0 Å². The zero-order chi connectivity index (χ0) is 54.9. The molecule has 0 spiro atoms. The fourth-order valence-electron chi connectivity index (χ4n) is 7.28. The molecule has 0 radical (unpaired) electrons. The van der Waals surface area contributed by atoms with E-state index in [0.717, 1.165) is 108 Å². The molecule has 0 saturated heterocycles. The molecule has 0 aromatic rings. The summed E-state index contributed by atoms with van der Waals surface area (Å²) in [5.41, 5.74) is 0. The Morgan fingerprint density at radius 3 is 1.27 bits per heavy atom. The fourth-order valence-corrected chi connectivity index (χ4v) is 7.28. The molecule has 0 bridgehead atoms. The molecule has 1 amide bonds. The first-order chi connectivity index (χ1) is 35.7. The summed E-state index contributed by atoms with van der Waals surface area (Å²) < 4.78 is 17.1. The molecule has 4 N–H and O–H groups in total. The van der Waals surface area contributed by atoms with E-state index in [2.05, 4.69) is 86.8 Å². The Morgan fingerprint density at radius 1 is 0.432 bits per heavy atom. The molecule has 0 saturated carbocycles. The van der Waals surface area contributed by atoms with Crippen LogP contribution in [-0.4, -0.2) is 180 Å². The van der Waals surface area contributed by atoms with Crippen LogP contribution in [-0.2, 0) is 47.8 Å². The molecule has 0 rings (SSSR count). The quantitative estimate of drug-likeness (QED) is 0.0254. The van der Waals surface area contributed by atoms with Gasteiger partial charge >= 0.3 is 35.8 Å². The smallest absolute Gasteiger partial charge is 0.317 e. The number of ether oxygens (including phenoxy) is 3. The molecular weight excluding hydrogens is 953 g/mol. The van der Waals surface area contributed by atoms with Gasteiger partial charge in [-0.3, -0.25) is 48.3 Å². The van der Waals surface area contributed by atoms with Crippen LogP contribution in [0.25, 0.3) is 0 Å². The summed E-state index contributed by atoms with van der Waals surface area (Å²) in [6.07, 6.45) is 43.1. The number of esters is 2. The number of hydrogen-bond acceptors (Lipinski definition) is 13. The number of carbonyl (C=O) groups excluding carboxylic acids is 3. The van der Waals surface area contributed by atoms with E-state index in [9.17, 15) is 43.8 Å². The van der Waals surface area contributed by atoms with E-state index in [1.807, 2.05) is 0 Å². The molecule has 0 aliphatic heterocycles.